The van der Waals surface area contributed by atoms with Crippen molar-refractivity contribution >= 4 is 25.5 Å². The Balaban J connectivity index is 1.60. The predicted molar refractivity (Wildman–Crippen MR) is 116 cm³/mol. The van der Waals surface area contributed by atoms with Gasteiger partial charge in [-0.3, -0.25) is 9.29 Å². The van der Waals surface area contributed by atoms with Crippen LogP contribution in [0.15, 0.2) is 53.1 Å². The molecule has 13 heteroatoms. The van der Waals surface area contributed by atoms with Crippen LogP contribution in [0.3, 0.4) is 0 Å². The average Bonchev–Trinajstić information content (AvgIpc) is 3.29. The van der Waals surface area contributed by atoms with Crippen molar-refractivity contribution in [2.75, 3.05) is 15.8 Å². The summed E-state index contributed by atoms with van der Waals surface area (Å²) < 4.78 is 81.9. The Morgan fingerprint density at radius 3 is 2.33 bits per heavy atom. The fourth-order valence-corrected chi connectivity index (χ4v) is 7.21. The fourth-order valence-electron chi connectivity index (χ4n) is 3.50. The van der Waals surface area contributed by atoms with Gasteiger partial charge in [-0.15, -0.1) is 10.2 Å². The molecule has 4 rings (SSSR count). The maximum absolute atomic E-state index is 13.5. The molecule has 0 amide bonds. The van der Waals surface area contributed by atoms with Crippen LogP contribution in [-0.2, 0) is 26.4 Å². The molecule has 0 aliphatic carbocycles. The van der Waals surface area contributed by atoms with Gasteiger partial charge in [-0.25, -0.2) is 16.8 Å². The summed E-state index contributed by atoms with van der Waals surface area (Å²) in [4.78, 5) is 4.24. The molecule has 1 saturated heterocycles. The first-order valence-electron chi connectivity index (χ1n) is 9.99. The molecule has 3 aromatic rings. The molecule has 0 radical (unpaired) electrons. The summed E-state index contributed by atoms with van der Waals surface area (Å²) in [5, 5.41) is 6.01. The van der Waals surface area contributed by atoms with E-state index in [-0.39, 0.29) is 36.8 Å². The van der Waals surface area contributed by atoms with Crippen molar-refractivity contribution in [1.82, 2.24) is 15.2 Å². The summed E-state index contributed by atoms with van der Waals surface area (Å²) in [6.45, 7) is -0.0952. The van der Waals surface area contributed by atoms with Crippen LogP contribution >= 0.6 is 0 Å². The topological polar surface area (TPSA) is 123 Å². The number of sulfonamides is 1. The number of sulfone groups is 1. The molecule has 2 aromatic heterocycles. The van der Waals surface area contributed by atoms with Gasteiger partial charge >= 0.3 is 6.43 Å². The number of alkyl halides is 2. The molecule has 0 bridgehead atoms. The van der Waals surface area contributed by atoms with Crippen LogP contribution in [0, 0.1) is 0 Å². The Hall–Kier alpha value is -2.93. The first kappa shape index (κ1) is 23.2. The third-order valence-electron chi connectivity index (χ3n) is 5.28. The van der Waals surface area contributed by atoms with Gasteiger partial charge in [0.2, 0.25) is 15.9 Å². The third kappa shape index (κ3) is 5.19. The van der Waals surface area contributed by atoms with E-state index in [1.54, 1.807) is 36.4 Å². The maximum Gasteiger partial charge on any atom is 0.314 e. The van der Waals surface area contributed by atoms with Crippen molar-refractivity contribution in [3.05, 3.63) is 60.2 Å². The van der Waals surface area contributed by atoms with Crippen LogP contribution in [0.4, 0.5) is 14.5 Å². The van der Waals surface area contributed by atoms with Crippen LogP contribution in [0.2, 0.25) is 0 Å². The van der Waals surface area contributed by atoms with Crippen molar-refractivity contribution in [2.24, 2.45) is 0 Å². The molecule has 1 aliphatic heterocycles. The zero-order valence-corrected chi connectivity index (χ0v) is 18.8. The van der Waals surface area contributed by atoms with E-state index >= 15 is 0 Å². The lowest BCUT2D eigenvalue weighted by Gasteiger charge is -2.31. The zero-order chi connectivity index (χ0) is 23.6. The van der Waals surface area contributed by atoms with Crippen LogP contribution in [0.1, 0.15) is 30.9 Å². The summed E-state index contributed by atoms with van der Waals surface area (Å²) in [5.41, 5.74) is 1.13. The van der Waals surface area contributed by atoms with Gasteiger partial charge in [0.1, 0.15) is 9.84 Å². The number of benzene rings is 1. The van der Waals surface area contributed by atoms with E-state index in [0.717, 1.165) is 0 Å². The highest BCUT2D eigenvalue weighted by Crippen LogP contribution is 2.29. The number of halogens is 2. The number of aromatic nitrogens is 3. The average molecular weight is 499 g/mol. The molecule has 1 aromatic carbocycles. The van der Waals surface area contributed by atoms with Crippen molar-refractivity contribution in [2.45, 2.75) is 31.1 Å². The van der Waals surface area contributed by atoms with Crippen LogP contribution in [0.25, 0.3) is 11.5 Å². The number of hydrogen-bond donors (Lipinski definition) is 0. The smallest absolute Gasteiger partial charge is 0.314 e. The summed E-state index contributed by atoms with van der Waals surface area (Å²) in [7, 11) is -7.11. The monoisotopic (exact) mass is 498 g/mol. The molecular formula is C20H20F2N4O5S2. The van der Waals surface area contributed by atoms with E-state index in [4.69, 9.17) is 4.42 Å². The quantitative estimate of drug-likeness (QED) is 0.487. The van der Waals surface area contributed by atoms with Gasteiger partial charge in [0.25, 0.3) is 5.89 Å². The SMILES string of the molecule is O=S1(=O)CCC(S(=O)(=O)N(Cc2ccc(-c3nnc(C(F)F)o3)cn2)c2ccccc2)CC1. The molecule has 9 nitrogen and oxygen atoms in total. The highest BCUT2D eigenvalue weighted by Gasteiger charge is 2.37. The Morgan fingerprint density at radius 2 is 1.76 bits per heavy atom. The summed E-state index contributed by atoms with van der Waals surface area (Å²) in [5.74, 6) is -1.26. The normalized spacial score (nSPS) is 16.7. The molecule has 0 N–H and O–H groups in total. The highest BCUT2D eigenvalue weighted by atomic mass is 32.2. The van der Waals surface area contributed by atoms with Crippen molar-refractivity contribution < 1.29 is 30.0 Å². The van der Waals surface area contributed by atoms with E-state index in [9.17, 15) is 25.6 Å². The Kier molecular flexibility index (Phi) is 6.43. The molecule has 0 saturated carbocycles. The Morgan fingerprint density at radius 1 is 1.06 bits per heavy atom. The molecule has 176 valence electrons. The number of rotatable bonds is 7. The molecular weight excluding hydrogens is 478 g/mol. The first-order chi connectivity index (χ1) is 15.7. The lowest BCUT2D eigenvalue weighted by Crippen LogP contribution is -2.42. The second-order valence-corrected chi connectivity index (χ2v) is 12.0. The van der Waals surface area contributed by atoms with Gasteiger partial charge in [-0.1, -0.05) is 18.2 Å². The minimum atomic E-state index is -3.89. The molecule has 1 fully saturated rings. The molecule has 33 heavy (non-hydrogen) atoms. The van der Waals surface area contributed by atoms with Gasteiger partial charge < -0.3 is 4.42 Å². The van der Waals surface area contributed by atoms with E-state index in [1.165, 1.54) is 16.6 Å². The lowest BCUT2D eigenvalue weighted by atomic mass is 10.2. The van der Waals surface area contributed by atoms with Gasteiger partial charge in [0.15, 0.2) is 0 Å². The van der Waals surface area contributed by atoms with Crippen LogP contribution in [-0.4, -0.2) is 48.8 Å². The summed E-state index contributed by atoms with van der Waals surface area (Å²) in [6, 6.07) is 11.5. The number of para-hydroxylation sites is 1. The van der Waals surface area contributed by atoms with E-state index in [0.29, 0.717) is 16.9 Å². The fraction of sp³-hybridized carbons (Fsp3) is 0.350. The Bertz CT molecular complexity index is 1300. The van der Waals surface area contributed by atoms with E-state index in [1.807, 2.05) is 0 Å². The van der Waals surface area contributed by atoms with Gasteiger partial charge in [-0.05, 0) is 37.1 Å². The largest absolute Gasteiger partial charge is 0.415 e. The van der Waals surface area contributed by atoms with Gasteiger partial charge in [0, 0.05) is 6.20 Å². The minimum Gasteiger partial charge on any atom is -0.415 e. The standard InChI is InChI=1S/C20H20F2N4O5S2/c21-18(22)20-25-24-19(31-20)14-6-7-15(23-12-14)13-26(16-4-2-1-3-5-16)33(29,30)17-8-10-32(27,28)11-9-17/h1-7,12,17-18H,8-11,13H2. The van der Waals surface area contributed by atoms with E-state index < -0.39 is 37.4 Å². The van der Waals surface area contributed by atoms with Crippen LogP contribution < -0.4 is 4.31 Å². The first-order valence-corrected chi connectivity index (χ1v) is 13.3. The predicted octanol–water partition coefficient (Wildman–Crippen LogP) is 2.98. The lowest BCUT2D eigenvalue weighted by molar-refractivity contribution is 0.116. The van der Waals surface area contributed by atoms with E-state index in [2.05, 4.69) is 15.2 Å². The van der Waals surface area contributed by atoms with Crippen molar-refractivity contribution in [3.63, 3.8) is 0 Å². The van der Waals surface area contributed by atoms with Crippen molar-refractivity contribution in [3.8, 4) is 11.5 Å². The number of anilines is 1. The molecule has 0 unspecified atom stereocenters. The number of hydrogen-bond acceptors (Lipinski definition) is 8. The number of pyridine rings is 1. The molecule has 0 atom stereocenters. The third-order valence-corrected chi connectivity index (χ3v) is 9.26. The summed E-state index contributed by atoms with van der Waals surface area (Å²) >= 11 is 0. The zero-order valence-electron chi connectivity index (χ0n) is 17.2. The summed E-state index contributed by atoms with van der Waals surface area (Å²) in [6.07, 6.45) is -1.49. The van der Waals surface area contributed by atoms with Crippen LogP contribution in [0.5, 0.6) is 0 Å². The second-order valence-electron chi connectivity index (χ2n) is 7.52. The van der Waals surface area contributed by atoms with Crippen molar-refractivity contribution in [1.29, 1.82) is 0 Å². The highest BCUT2D eigenvalue weighted by molar-refractivity contribution is 7.94. The molecule has 1 aliphatic rings. The van der Waals surface area contributed by atoms with Gasteiger partial charge in [0.05, 0.1) is 40.2 Å². The second kappa shape index (κ2) is 9.14. The molecule has 3 heterocycles. The Labute approximate surface area is 189 Å². The number of nitrogens with zero attached hydrogens (tertiary/aromatic N) is 4. The minimum absolute atomic E-state index is 0.0317. The molecule has 0 spiro atoms. The van der Waals surface area contributed by atoms with Gasteiger partial charge in [-0.2, -0.15) is 8.78 Å². The maximum atomic E-state index is 13.5.